The first-order valence-electron chi connectivity index (χ1n) is 13.8. The minimum atomic E-state index is -0.386. The van der Waals surface area contributed by atoms with Crippen LogP contribution in [0, 0.1) is 0 Å². The molecular formula is C27H54O7. The molecule has 0 fully saturated rings. The van der Waals surface area contributed by atoms with Crippen molar-refractivity contribution in [3.05, 3.63) is 0 Å². The van der Waals surface area contributed by atoms with E-state index < -0.39 is 0 Å². The van der Waals surface area contributed by atoms with Crippen LogP contribution in [0.5, 0.6) is 0 Å². The summed E-state index contributed by atoms with van der Waals surface area (Å²) in [6.45, 7) is 7.20. The van der Waals surface area contributed by atoms with Gasteiger partial charge in [-0.15, -0.1) is 0 Å². The monoisotopic (exact) mass is 490 g/mol. The molecule has 7 heteroatoms. The number of rotatable bonds is 29. The SMILES string of the molecule is CCCCCCCCCCCCCCCCOCCOCCOCCOCCOCC(=O)OC. The molecular weight excluding hydrogens is 436 g/mol. The Morgan fingerprint density at radius 2 is 0.765 bits per heavy atom. The highest BCUT2D eigenvalue weighted by molar-refractivity contribution is 5.70. The Bertz CT molecular complexity index is 393. The first-order valence-corrected chi connectivity index (χ1v) is 13.8. The van der Waals surface area contributed by atoms with Gasteiger partial charge >= 0.3 is 5.97 Å². The fourth-order valence-electron chi connectivity index (χ4n) is 3.49. The molecule has 0 saturated carbocycles. The van der Waals surface area contributed by atoms with Gasteiger partial charge in [0.15, 0.2) is 0 Å². The molecule has 0 atom stereocenters. The van der Waals surface area contributed by atoms with Gasteiger partial charge < -0.3 is 28.4 Å². The third-order valence-corrected chi connectivity index (χ3v) is 5.58. The summed E-state index contributed by atoms with van der Waals surface area (Å²) < 4.78 is 31.4. The molecule has 0 amide bonds. The van der Waals surface area contributed by atoms with E-state index in [-0.39, 0.29) is 12.6 Å². The molecule has 0 aliphatic rings. The first kappa shape index (κ1) is 33.3. The summed E-state index contributed by atoms with van der Waals surface area (Å²) in [6.07, 6.45) is 19.3. The van der Waals surface area contributed by atoms with Crippen LogP contribution in [0.4, 0.5) is 0 Å². The van der Waals surface area contributed by atoms with Gasteiger partial charge in [0.25, 0.3) is 0 Å². The van der Waals surface area contributed by atoms with Gasteiger partial charge in [-0.05, 0) is 6.42 Å². The zero-order valence-corrected chi connectivity index (χ0v) is 22.3. The van der Waals surface area contributed by atoms with E-state index >= 15 is 0 Å². The van der Waals surface area contributed by atoms with Crippen LogP contribution >= 0.6 is 0 Å². The van der Waals surface area contributed by atoms with Crippen LogP contribution in [-0.4, -0.2) is 79.1 Å². The molecule has 0 aromatic heterocycles. The van der Waals surface area contributed by atoms with Gasteiger partial charge in [-0.1, -0.05) is 90.4 Å². The molecule has 0 heterocycles. The molecule has 0 rings (SSSR count). The van der Waals surface area contributed by atoms with E-state index in [4.69, 9.17) is 23.7 Å². The summed E-state index contributed by atoms with van der Waals surface area (Å²) in [5.74, 6) is -0.386. The first-order chi connectivity index (χ1) is 16.8. The number of carbonyl (C=O) groups excluding carboxylic acids is 1. The predicted molar refractivity (Wildman–Crippen MR) is 136 cm³/mol. The van der Waals surface area contributed by atoms with Crippen molar-refractivity contribution in [1.82, 2.24) is 0 Å². The topological polar surface area (TPSA) is 72.5 Å². The third kappa shape index (κ3) is 29.3. The van der Waals surface area contributed by atoms with Crippen molar-refractivity contribution in [2.45, 2.75) is 96.8 Å². The van der Waals surface area contributed by atoms with E-state index in [9.17, 15) is 4.79 Å². The molecule has 0 aliphatic heterocycles. The molecule has 34 heavy (non-hydrogen) atoms. The highest BCUT2D eigenvalue weighted by atomic mass is 16.6. The quantitative estimate of drug-likeness (QED) is 0.0980. The zero-order chi connectivity index (χ0) is 24.8. The molecule has 0 N–H and O–H groups in total. The van der Waals surface area contributed by atoms with E-state index in [1.54, 1.807) is 0 Å². The fourth-order valence-corrected chi connectivity index (χ4v) is 3.49. The smallest absolute Gasteiger partial charge is 0.331 e. The maximum Gasteiger partial charge on any atom is 0.331 e. The highest BCUT2D eigenvalue weighted by Gasteiger charge is 1.99. The number of methoxy groups -OCH3 is 1. The lowest BCUT2D eigenvalue weighted by atomic mass is 10.0. The molecule has 0 radical (unpaired) electrons. The Kier molecular flexibility index (Phi) is 29.7. The van der Waals surface area contributed by atoms with Crippen molar-refractivity contribution in [3.63, 3.8) is 0 Å². The maximum absolute atomic E-state index is 10.8. The summed E-state index contributed by atoms with van der Waals surface area (Å²) in [4.78, 5) is 10.8. The molecule has 0 unspecified atom stereocenters. The lowest BCUT2D eigenvalue weighted by Gasteiger charge is -2.08. The number of carbonyl (C=O) groups is 1. The van der Waals surface area contributed by atoms with E-state index in [0.717, 1.165) is 13.0 Å². The van der Waals surface area contributed by atoms with Crippen LogP contribution in [0.15, 0.2) is 0 Å². The van der Waals surface area contributed by atoms with Gasteiger partial charge in [0.2, 0.25) is 0 Å². The van der Waals surface area contributed by atoms with Crippen LogP contribution in [0.25, 0.3) is 0 Å². The van der Waals surface area contributed by atoms with Crippen molar-refractivity contribution in [1.29, 1.82) is 0 Å². The van der Waals surface area contributed by atoms with E-state index in [0.29, 0.717) is 52.9 Å². The predicted octanol–water partition coefficient (Wildman–Crippen LogP) is 5.72. The normalized spacial score (nSPS) is 11.2. The largest absolute Gasteiger partial charge is 0.467 e. The van der Waals surface area contributed by atoms with Gasteiger partial charge in [0.05, 0.1) is 60.0 Å². The minimum absolute atomic E-state index is 0.0448. The summed E-state index contributed by atoms with van der Waals surface area (Å²) >= 11 is 0. The summed E-state index contributed by atoms with van der Waals surface area (Å²) in [6, 6.07) is 0. The Morgan fingerprint density at radius 1 is 0.441 bits per heavy atom. The summed E-state index contributed by atoms with van der Waals surface area (Å²) in [5, 5.41) is 0. The molecule has 7 nitrogen and oxygen atoms in total. The van der Waals surface area contributed by atoms with Crippen LogP contribution in [0.1, 0.15) is 96.8 Å². The van der Waals surface area contributed by atoms with E-state index in [1.165, 1.54) is 90.6 Å². The van der Waals surface area contributed by atoms with Crippen molar-refractivity contribution in [2.75, 3.05) is 73.2 Å². The summed E-state index contributed by atoms with van der Waals surface area (Å²) in [7, 11) is 1.33. The average Bonchev–Trinajstić information content (AvgIpc) is 2.85. The lowest BCUT2D eigenvalue weighted by Crippen LogP contribution is -2.15. The number of hydrogen-bond acceptors (Lipinski definition) is 7. The van der Waals surface area contributed by atoms with Gasteiger partial charge in [-0.25, -0.2) is 4.79 Å². The van der Waals surface area contributed by atoms with Gasteiger partial charge in [0.1, 0.15) is 6.61 Å². The van der Waals surface area contributed by atoms with Gasteiger partial charge in [-0.2, -0.15) is 0 Å². The van der Waals surface area contributed by atoms with Crippen LogP contribution < -0.4 is 0 Å². The second-order valence-electron chi connectivity index (χ2n) is 8.67. The van der Waals surface area contributed by atoms with Crippen molar-refractivity contribution >= 4 is 5.97 Å². The Balaban J connectivity index is 3.02. The third-order valence-electron chi connectivity index (χ3n) is 5.58. The Morgan fingerprint density at radius 3 is 1.15 bits per heavy atom. The van der Waals surface area contributed by atoms with E-state index in [1.807, 2.05) is 0 Å². The standard InChI is InChI=1S/C27H54O7/c1-3-4-5-6-7-8-9-10-11-12-13-14-15-16-17-30-18-19-31-20-21-32-22-23-33-24-25-34-26-27(28)29-2/h3-26H2,1-2H3. The van der Waals surface area contributed by atoms with Crippen LogP contribution in [0.3, 0.4) is 0 Å². The van der Waals surface area contributed by atoms with Gasteiger partial charge in [-0.3, -0.25) is 0 Å². The number of hydrogen-bond donors (Lipinski definition) is 0. The van der Waals surface area contributed by atoms with Crippen molar-refractivity contribution in [3.8, 4) is 0 Å². The minimum Gasteiger partial charge on any atom is -0.467 e. The molecule has 0 aromatic rings. The van der Waals surface area contributed by atoms with Crippen molar-refractivity contribution < 1.29 is 33.2 Å². The average molecular weight is 491 g/mol. The van der Waals surface area contributed by atoms with Gasteiger partial charge in [0, 0.05) is 6.61 Å². The van der Waals surface area contributed by atoms with Crippen LogP contribution in [-0.2, 0) is 33.2 Å². The number of esters is 1. The van der Waals surface area contributed by atoms with Crippen LogP contribution in [0.2, 0.25) is 0 Å². The molecule has 0 spiro atoms. The molecule has 0 aliphatic carbocycles. The Labute approximate surface area is 209 Å². The highest BCUT2D eigenvalue weighted by Crippen LogP contribution is 2.12. The maximum atomic E-state index is 10.8. The van der Waals surface area contributed by atoms with E-state index in [2.05, 4.69) is 11.7 Å². The Hall–Kier alpha value is -0.730. The zero-order valence-electron chi connectivity index (χ0n) is 22.3. The summed E-state index contributed by atoms with van der Waals surface area (Å²) in [5.41, 5.74) is 0. The molecule has 0 bridgehead atoms. The number of unbranched alkanes of at least 4 members (excludes halogenated alkanes) is 13. The second kappa shape index (κ2) is 30.3. The molecule has 0 saturated heterocycles. The number of ether oxygens (including phenoxy) is 6. The molecule has 0 aromatic carbocycles. The molecule has 204 valence electrons. The second-order valence-corrected chi connectivity index (χ2v) is 8.67. The fraction of sp³-hybridized carbons (Fsp3) is 0.963. The lowest BCUT2D eigenvalue weighted by molar-refractivity contribution is -0.146. The van der Waals surface area contributed by atoms with Crippen molar-refractivity contribution in [2.24, 2.45) is 0 Å².